The molecule has 1 aromatic heterocycles. The molecule has 1 aliphatic rings. The average Bonchev–Trinajstić information content (AvgIpc) is 2.45. The van der Waals surface area contributed by atoms with Crippen LogP contribution in [0.3, 0.4) is 0 Å². The fraction of sp³-hybridized carbons (Fsp3) is 0.500. The van der Waals surface area contributed by atoms with Crippen LogP contribution >= 0.6 is 0 Å². The zero-order chi connectivity index (χ0) is 10.3. The highest BCUT2D eigenvalue weighted by molar-refractivity contribution is 6.29. The monoisotopic (exact) mass is 191 g/mol. The van der Waals surface area contributed by atoms with E-state index in [9.17, 15) is 4.79 Å². The molecule has 2 rings (SSSR count). The second-order valence-electron chi connectivity index (χ2n) is 4.54. The number of imidazole rings is 1. The Balaban J connectivity index is 2.44. The van der Waals surface area contributed by atoms with Gasteiger partial charge in [0, 0.05) is 5.41 Å². The Hall–Kier alpha value is -1.45. The van der Waals surface area contributed by atoms with Crippen molar-refractivity contribution in [3.63, 3.8) is 0 Å². The highest BCUT2D eigenvalue weighted by Crippen LogP contribution is 2.26. The fourth-order valence-electron chi connectivity index (χ4n) is 1.34. The summed E-state index contributed by atoms with van der Waals surface area (Å²) >= 11 is 0. The Morgan fingerprint density at radius 1 is 1.43 bits per heavy atom. The number of rotatable bonds is 0. The van der Waals surface area contributed by atoms with Crippen molar-refractivity contribution in [2.24, 2.45) is 4.99 Å². The normalized spacial score (nSPS) is 15.8. The number of aliphatic imine (C=N–C) groups is 1. The van der Waals surface area contributed by atoms with E-state index >= 15 is 0 Å². The summed E-state index contributed by atoms with van der Waals surface area (Å²) in [6.45, 7) is 6.22. The minimum Gasteiger partial charge on any atom is -0.343 e. The molecular weight excluding hydrogens is 178 g/mol. The van der Waals surface area contributed by atoms with Crippen LogP contribution < -0.4 is 0 Å². The molecule has 1 N–H and O–H groups in total. The summed E-state index contributed by atoms with van der Waals surface area (Å²) in [4.78, 5) is 22.6. The second kappa shape index (κ2) is 2.77. The smallest absolute Gasteiger partial charge is 0.179 e. The molecule has 0 aliphatic carbocycles. The van der Waals surface area contributed by atoms with Gasteiger partial charge in [0.05, 0.1) is 18.3 Å². The number of Topliss-reactive ketones (excluding diaryl/α,β-unsaturated/α-hetero) is 1. The van der Waals surface area contributed by atoms with Crippen LogP contribution in [-0.4, -0.2) is 22.0 Å². The van der Waals surface area contributed by atoms with Crippen LogP contribution in [0.2, 0.25) is 0 Å². The molecule has 0 radical (unpaired) electrons. The van der Waals surface area contributed by atoms with Gasteiger partial charge < -0.3 is 4.98 Å². The number of hydrogen-bond donors (Lipinski definition) is 1. The zero-order valence-electron chi connectivity index (χ0n) is 8.59. The van der Waals surface area contributed by atoms with Crippen LogP contribution in [0.5, 0.6) is 0 Å². The molecule has 0 atom stereocenters. The van der Waals surface area contributed by atoms with E-state index in [1.165, 1.54) is 6.21 Å². The Morgan fingerprint density at radius 3 is 2.79 bits per heavy atom. The van der Waals surface area contributed by atoms with Gasteiger partial charge in [0.1, 0.15) is 5.82 Å². The van der Waals surface area contributed by atoms with Crippen molar-refractivity contribution in [3.05, 3.63) is 11.5 Å². The molecule has 0 unspecified atom stereocenters. The Bertz CT molecular complexity index is 409. The first-order chi connectivity index (χ1) is 6.47. The maximum Gasteiger partial charge on any atom is 0.179 e. The molecule has 0 saturated carbocycles. The molecular formula is C10H13N3O. The summed E-state index contributed by atoms with van der Waals surface area (Å²) in [5, 5.41) is 0. The Morgan fingerprint density at radius 2 is 2.14 bits per heavy atom. The zero-order valence-corrected chi connectivity index (χ0v) is 8.59. The third kappa shape index (κ3) is 1.47. The van der Waals surface area contributed by atoms with Gasteiger partial charge in [0.2, 0.25) is 0 Å². The minimum absolute atomic E-state index is 0.0293. The van der Waals surface area contributed by atoms with Crippen LogP contribution in [0.15, 0.2) is 4.99 Å². The molecule has 74 valence electrons. The van der Waals surface area contributed by atoms with Crippen LogP contribution in [-0.2, 0) is 16.6 Å². The van der Waals surface area contributed by atoms with Gasteiger partial charge in [-0.05, 0) is 0 Å². The molecule has 1 aliphatic heterocycles. The van der Waals surface area contributed by atoms with E-state index in [0.29, 0.717) is 12.2 Å². The third-order valence-corrected chi connectivity index (χ3v) is 2.15. The number of ketones is 1. The van der Waals surface area contributed by atoms with E-state index in [-0.39, 0.29) is 11.2 Å². The first-order valence-corrected chi connectivity index (χ1v) is 4.63. The predicted octanol–water partition coefficient (Wildman–Crippen LogP) is 1.53. The van der Waals surface area contributed by atoms with Gasteiger partial charge in [-0.25, -0.2) is 9.98 Å². The number of aromatic nitrogens is 2. The van der Waals surface area contributed by atoms with Crippen LogP contribution in [0.1, 0.15) is 32.3 Å². The van der Waals surface area contributed by atoms with Gasteiger partial charge in [0.15, 0.2) is 11.6 Å². The molecule has 0 fully saturated rings. The summed E-state index contributed by atoms with van der Waals surface area (Å²) in [6.07, 6.45) is 1.73. The standard InChI is InChI=1S/C10H13N3O/c1-10(2,3)9-12-7-4-6(14)5-11-8(7)13-9/h5H,4H2,1-3H3,(H,12,13). The van der Waals surface area contributed by atoms with Gasteiger partial charge in [-0.2, -0.15) is 0 Å². The molecule has 0 amide bonds. The predicted molar refractivity (Wildman–Crippen MR) is 54.2 cm³/mol. The molecule has 0 saturated heterocycles. The molecule has 0 bridgehead atoms. The summed E-state index contributed by atoms with van der Waals surface area (Å²) in [6, 6.07) is 0. The van der Waals surface area contributed by atoms with E-state index in [4.69, 9.17) is 0 Å². The average molecular weight is 191 g/mol. The molecule has 0 aromatic carbocycles. The van der Waals surface area contributed by atoms with E-state index in [0.717, 1.165) is 11.5 Å². The molecule has 2 heterocycles. The van der Waals surface area contributed by atoms with Gasteiger partial charge in [-0.15, -0.1) is 0 Å². The molecule has 4 nitrogen and oxygen atoms in total. The van der Waals surface area contributed by atoms with Gasteiger partial charge in [-0.3, -0.25) is 4.79 Å². The van der Waals surface area contributed by atoms with Crippen molar-refractivity contribution < 1.29 is 4.79 Å². The molecule has 4 heteroatoms. The minimum atomic E-state index is -0.0318. The van der Waals surface area contributed by atoms with E-state index in [1.54, 1.807) is 0 Å². The van der Waals surface area contributed by atoms with Crippen molar-refractivity contribution in [1.82, 2.24) is 9.97 Å². The van der Waals surface area contributed by atoms with Crippen molar-refractivity contribution >= 4 is 17.8 Å². The lowest BCUT2D eigenvalue weighted by Gasteiger charge is -2.13. The number of nitrogens with zero attached hydrogens (tertiary/aromatic N) is 2. The van der Waals surface area contributed by atoms with Crippen LogP contribution in [0, 0.1) is 0 Å². The highest BCUT2D eigenvalue weighted by Gasteiger charge is 2.23. The number of carbonyl (C=O) groups excluding carboxylic acids is 1. The SMILES string of the molecule is CC(C)(C)c1nc2c([nH]1)CC(=O)C=N2. The first-order valence-electron chi connectivity index (χ1n) is 4.63. The quantitative estimate of drug-likeness (QED) is 0.676. The number of nitrogens with one attached hydrogen (secondary N) is 1. The fourth-order valence-corrected chi connectivity index (χ4v) is 1.34. The highest BCUT2D eigenvalue weighted by atomic mass is 16.1. The van der Waals surface area contributed by atoms with Crippen LogP contribution in [0.4, 0.5) is 5.82 Å². The van der Waals surface area contributed by atoms with Gasteiger partial charge >= 0.3 is 0 Å². The van der Waals surface area contributed by atoms with Crippen molar-refractivity contribution in [1.29, 1.82) is 0 Å². The number of hydrogen-bond acceptors (Lipinski definition) is 3. The van der Waals surface area contributed by atoms with Crippen molar-refractivity contribution in [3.8, 4) is 0 Å². The molecule has 1 aromatic rings. The lowest BCUT2D eigenvalue weighted by atomic mass is 9.96. The number of fused-ring (bicyclic) bond motifs is 1. The number of carbonyl (C=O) groups is 1. The molecule has 14 heavy (non-hydrogen) atoms. The first kappa shape index (κ1) is 9.12. The maximum atomic E-state index is 11.1. The summed E-state index contributed by atoms with van der Waals surface area (Å²) < 4.78 is 0. The number of H-pyrrole nitrogens is 1. The largest absolute Gasteiger partial charge is 0.343 e. The van der Waals surface area contributed by atoms with Crippen LogP contribution in [0.25, 0.3) is 0 Å². The Kier molecular flexibility index (Phi) is 1.80. The number of aromatic amines is 1. The van der Waals surface area contributed by atoms with Crippen molar-refractivity contribution in [2.75, 3.05) is 0 Å². The lowest BCUT2D eigenvalue weighted by molar-refractivity contribution is -0.112. The molecule has 0 spiro atoms. The van der Waals surface area contributed by atoms with Gasteiger partial charge in [-0.1, -0.05) is 20.8 Å². The summed E-state index contributed by atoms with van der Waals surface area (Å²) in [5.74, 6) is 1.57. The second-order valence-corrected chi connectivity index (χ2v) is 4.54. The van der Waals surface area contributed by atoms with E-state index in [1.807, 2.05) is 0 Å². The van der Waals surface area contributed by atoms with Crippen molar-refractivity contribution in [2.45, 2.75) is 32.6 Å². The Labute approximate surface area is 82.5 Å². The van der Waals surface area contributed by atoms with E-state index in [2.05, 4.69) is 35.7 Å². The third-order valence-electron chi connectivity index (χ3n) is 2.15. The van der Waals surface area contributed by atoms with E-state index < -0.39 is 0 Å². The maximum absolute atomic E-state index is 11.1. The summed E-state index contributed by atoms with van der Waals surface area (Å²) in [5.41, 5.74) is 0.804. The summed E-state index contributed by atoms with van der Waals surface area (Å²) in [7, 11) is 0. The topological polar surface area (TPSA) is 58.1 Å². The van der Waals surface area contributed by atoms with Gasteiger partial charge in [0.25, 0.3) is 0 Å². The lowest BCUT2D eigenvalue weighted by Crippen LogP contribution is -2.13.